The molecule has 2 aliphatic heterocycles. The predicted octanol–water partition coefficient (Wildman–Crippen LogP) is 3.30. The quantitative estimate of drug-likeness (QED) is 0.448. The summed E-state index contributed by atoms with van der Waals surface area (Å²) in [6.45, 7) is 4.27. The second-order valence-electron chi connectivity index (χ2n) is 9.66. The molecule has 2 saturated heterocycles. The van der Waals surface area contributed by atoms with Crippen LogP contribution in [0.3, 0.4) is 0 Å². The lowest BCUT2D eigenvalue weighted by molar-refractivity contribution is 0.383. The first-order valence-corrected chi connectivity index (χ1v) is 15.6. The summed E-state index contributed by atoms with van der Waals surface area (Å²) in [7, 11) is -7.87. The Kier molecular flexibility index (Phi) is 7.64. The standard InChI is InChI=1S/C27H30F2N4O4S2/c1-21-2-11-26(38(34,35)32-16-12-30(13-17-32)24-7-3-22(28)4-8-24)20-27(21)39(36,37)33-18-14-31(15-19-33)25-9-5-23(29)6-10-25/h2-11,20H,12-19H2,1H3. The van der Waals surface area contributed by atoms with Gasteiger partial charge in [0.1, 0.15) is 11.6 Å². The zero-order valence-corrected chi connectivity index (χ0v) is 23.1. The normalized spacial score (nSPS) is 17.9. The van der Waals surface area contributed by atoms with Crippen molar-refractivity contribution in [2.24, 2.45) is 0 Å². The average molecular weight is 577 g/mol. The molecule has 2 aliphatic rings. The highest BCUT2D eigenvalue weighted by atomic mass is 32.2. The van der Waals surface area contributed by atoms with E-state index in [4.69, 9.17) is 0 Å². The van der Waals surface area contributed by atoms with Crippen LogP contribution in [0, 0.1) is 18.6 Å². The second-order valence-corrected chi connectivity index (χ2v) is 13.5. The van der Waals surface area contributed by atoms with Gasteiger partial charge in [0, 0.05) is 63.7 Å². The molecule has 208 valence electrons. The van der Waals surface area contributed by atoms with Gasteiger partial charge in [0.2, 0.25) is 20.0 Å². The van der Waals surface area contributed by atoms with Gasteiger partial charge in [-0.1, -0.05) is 6.07 Å². The van der Waals surface area contributed by atoms with Crippen molar-refractivity contribution in [1.82, 2.24) is 8.61 Å². The third kappa shape index (κ3) is 5.65. The number of hydrogen-bond donors (Lipinski definition) is 0. The van der Waals surface area contributed by atoms with Crippen LogP contribution in [0.15, 0.2) is 76.5 Å². The second kappa shape index (κ2) is 10.8. The van der Waals surface area contributed by atoms with Gasteiger partial charge in [-0.15, -0.1) is 0 Å². The van der Waals surface area contributed by atoms with E-state index in [1.165, 1.54) is 51.1 Å². The first-order valence-electron chi connectivity index (χ1n) is 12.7. The van der Waals surface area contributed by atoms with Crippen LogP contribution in [-0.2, 0) is 20.0 Å². The van der Waals surface area contributed by atoms with Gasteiger partial charge in [0.25, 0.3) is 0 Å². The summed E-state index contributed by atoms with van der Waals surface area (Å²) in [5.74, 6) is -0.667. The number of benzene rings is 3. The largest absolute Gasteiger partial charge is 0.369 e. The molecule has 0 bridgehead atoms. The Labute approximate surface area is 228 Å². The van der Waals surface area contributed by atoms with Crippen molar-refractivity contribution < 1.29 is 25.6 Å². The molecule has 8 nitrogen and oxygen atoms in total. The van der Waals surface area contributed by atoms with E-state index in [0.717, 1.165) is 11.4 Å². The highest BCUT2D eigenvalue weighted by Crippen LogP contribution is 2.28. The summed E-state index contributed by atoms with van der Waals surface area (Å²) in [4.78, 5) is 3.89. The first-order chi connectivity index (χ1) is 18.6. The lowest BCUT2D eigenvalue weighted by atomic mass is 10.2. The number of piperazine rings is 2. The highest BCUT2D eigenvalue weighted by molar-refractivity contribution is 7.90. The maximum absolute atomic E-state index is 13.6. The zero-order valence-electron chi connectivity index (χ0n) is 21.5. The van der Waals surface area contributed by atoms with E-state index in [9.17, 15) is 25.6 Å². The minimum atomic E-state index is -3.94. The van der Waals surface area contributed by atoms with E-state index >= 15 is 0 Å². The molecule has 2 heterocycles. The Balaban J connectivity index is 1.30. The molecule has 0 unspecified atom stereocenters. The van der Waals surface area contributed by atoms with Gasteiger partial charge in [0.05, 0.1) is 9.79 Å². The molecule has 3 aromatic carbocycles. The lowest BCUT2D eigenvalue weighted by Crippen LogP contribution is -2.49. The maximum Gasteiger partial charge on any atom is 0.243 e. The molecule has 0 amide bonds. The Morgan fingerprint density at radius 3 is 1.41 bits per heavy atom. The molecule has 0 radical (unpaired) electrons. The fraction of sp³-hybridized carbons (Fsp3) is 0.333. The number of halogens is 2. The molecular formula is C27H30F2N4O4S2. The Hall–Kier alpha value is -3.06. The van der Waals surface area contributed by atoms with Gasteiger partial charge < -0.3 is 9.80 Å². The van der Waals surface area contributed by atoms with Crippen molar-refractivity contribution >= 4 is 31.4 Å². The molecule has 0 spiro atoms. The number of nitrogens with zero attached hydrogens (tertiary/aromatic N) is 4. The molecular weight excluding hydrogens is 546 g/mol. The van der Waals surface area contributed by atoms with Gasteiger partial charge >= 0.3 is 0 Å². The predicted molar refractivity (Wildman–Crippen MR) is 146 cm³/mol. The summed E-state index contributed by atoms with van der Waals surface area (Å²) in [5.41, 5.74) is 2.10. The highest BCUT2D eigenvalue weighted by Gasteiger charge is 2.33. The minimum absolute atomic E-state index is 0.0243. The van der Waals surface area contributed by atoms with Gasteiger partial charge in [-0.2, -0.15) is 8.61 Å². The molecule has 39 heavy (non-hydrogen) atoms. The molecule has 3 aromatic rings. The van der Waals surface area contributed by atoms with Crippen molar-refractivity contribution in [3.63, 3.8) is 0 Å². The topological polar surface area (TPSA) is 81.2 Å². The molecule has 0 N–H and O–H groups in total. The molecule has 0 atom stereocenters. The van der Waals surface area contributed by atoms with Crippen molar-refractivity contribution in [3.05, 3.63) is 83.9 Å². The van der Waals surface area contributed by atoms with Crippen molar-refractivity contribution in [3.8, 4) is 0 Å². The van der Waals surface area contributed by atoms with Gasteiger partial charge in [-0.25, -0.2) is 25.6 Å². The molecule has 0 aromatic heterocycles. The van der Waals surface area contributed by atoms with Crippen molar-refractivity contribution in [2.75, 3.05) is 62.2 Å². The summed E-state index contributed by atoms with van der Waals surface area (Å²) >= 11 is 0. The zero-order chi connectivity index (χ0) is 27.8. The maximum atomic E-state index is 13.6. The number of sulfonamides is 2. The van der Waals surface area contributed by atoms with Gasteiger partial charge in [-0.05, 0) is 73.2 Å². The number of hydrogen-bond acceptors (Lipinski definition) is 6. The Morgan fingerprint density at radius 1 is 0.564 bits per heavy atom. The van der Waals surface area contributed by atoms with Crippen LogP contribution in [0.2, 0.25) is 0 Å². The van der Waals surface area contributed by atoms with Crippen LogP contribution in [0.4, 0.5) is 20.2 Å². The minimum Gasteiger partial charge on any atom is -0.369 e. The molecule has 5 rings (SSSR count). The molecule has 12 heteroatoms. The molecule has 2 fully saturated rings. The lowest BCUT2D eigenvalue weighted by Gasteiger charge is -2.36. The van der Waals surface area contributed by atoms with Crippen molar-refractivity contribution in [1.29, 1.82) is 0 Å². The van der Waals surface area contributed by atoms with Crippen LogP contribution >= 0.6 is 0 Å². The smallest absolute Gasteiger partial charge is 0.243 e. The van der Waals surface area contributed by atoms with Crippen LogP contribution in [-0.4, -0.2) is 77.8 Å². The van der Waals surface area contributed by atoms with Crippen LogP contribution in [0.25, 0.3) is 0 Å². The third-order valence-corrected chi connectivity index (χ3v) is 11.2. The fourth-order valence-corrected chi connectivity index (χ4v) is 8.18. The molecule has 0 saturated carbocycles. The summed E-state index contributed by atoms with van der Waals surface area (Å²) in [5, 5.41) is 0. The van der Waals surface area contributed by atoms with Crippen LogP contribution < -0.4 is 9.80 Å². The Morgan fingerprint density at radius 2 is 0.974 bits per heavy atom. The van der Waals surface area contributed by atoms with Crippen LogP contribution in [0.5, 0.6) is 0 Å². The summed E-state index contributed by atoms with van der Waals surface area (Å²) in [6.07, 6.45) is 0. The first kappa shape index (κ1) is 27.5. The molecule has 0 aliphatic carbocycles. The van der Waals surface area contributed by atoms with Crippen molar-refractivity contribution in [2.45, 2.75) is 16.7 Å². The summed E-state index contributed by atoms with van der Waals surface area (Å²) in [6, 6.07) is 16.4. The van der Waals surface area contributed by atoms with Gasteiger partial charge in [-0.3, -0.25) is 0 Å². The van der Waals surface area contributed by atoms with E-state index in [-0.39, 0.29) is 47.6 Å². The van der Waals surface area contributed by atoms with E-state index in [1.54, 1.807) is 31.2 Å². The number of anilines is 2. The monoisotopic (exact) mass is 576 g/mol. The third-order valence-electron chi connectivity index (χ3n) is 7.28. The van der Waals surface area contributed by atoms with E-state index in [1.807, 2.05) is 9.80 Å². The summed E-state index contributed by atoms with van der Waals surface area (Å²) < 4.78 is 83.4. The van der Waals surface area contributed by atoms with Gasteiger partial charge in [0.15, 0.2) is 0 Å². The average Bonchev–Trinajstić information content (AvgIpc) is 2.94. The van der Waals surface area contributed by atoms with E-state index in [2.05, 4.69) is 0 Å². The number of rotatable bonds is 6. The Bertz CT molecular complexity index is 1530. The van der Waals surface area contributed by atoms with E-state index < -0.39 is 20.0 Å². The number of aryl methyl sites for hydroxylation is 1. The fourth-order valence-electron chi connectivity index (χ4n) is 4.98. The SMILES string of the molecule is Cc1ccc(S(=O)(=O)N2CCN(c3ccc(F)cc3)CC2)cc1S(=O)(=O)N1CCN(c2ccc(F)cc2)CC1. The van der Waals surface area contributed by atoms with E-state index in [0.29, 0.717) is 31.7 Å². The van der Waals surface area contributed by atoms with Crippen LogP contribution in [0.1, 0.15) is 5.56 Å².